The number of hydrogen-bond acceptors (Lipinski definition) is 3. The van der Waals surface area contributed by atoms with Crippen LogP contribution in [-0.2, 0) is 13.1 Å². The molecule has 0 saturated carbocycles. The van der Waals surface area contributed by atoms with E-state index in [9.17, 15) is 9.59 Å². The van der Waals surface area contributed by atoms with Gasteiger partial charge in [-0.2, -0.15) is 0 Å². The Balaban J connectivity index is 2.66. The Bertz CT molecular complexity index is 462. The van der Waals surface area contributed by atoms with Gasteiger partial charge < -0.3 is 9.88 Å². The van der Waals surface area contributed by atoms with Crippen LogP contribution >= 0.6 is 0 Å². The minimum atomic E-state index is -0.206. The third-order valence-corrected chi connectivity index (χ3v) is 2.77. The maximum atomic E-state index is 12.0. The molecule has 0 bridgehead atoms. The number of aromatic nitrogens is 2. The second-order valence-electron chi connectivity index (χ2n) is 4.39. The molecule has 1 N–H and O–H groups in total. The molecule has 0 aliphatic heterocycles. The number of hydrogen-bond donors (Lipinski definition) is 1. The molecule has 0 fully saturated rings. The molecular weight excluding hydrogens is 230 g/mol. The summed E-state index contributed by atoms with van der Waals surface area (Å²) in [6.07, 6.45) is 4.36. The number of aryl methyl sites for hydroxylation is 1. The first-order valence-corrected chi connectivity index (χ1v) is 6.71. The van der Waals surface area contributed by atoms with Crippen LogP contribution in [0.25, 0.3) is 0 Å². The topological polar surface area (TPSA) is 56.0 Å². The zero-order valence-electron chi connectivity index (χ0n) is 11.3. The molecule has 0 radical (unpaired) electrons. The summed E-state index contributed by atoms with van der Waals surface area (Å²) in [6.45, 7) is 7.08. The van der Waals surface area contributed by atoms with E-state index in [4.69, 9.17) is 0 Å². The molecule has 1 rings (SSSR count). The van der Waals surface area contributed by atoms with Crippen LogP contribution < -0.4 is 16.6 Å². The second-order valence-corrected chi connectivity index (χ2v) is 4.39. The van der Waals surface area contributed by atoms with Crippen molar-refractivity contribution in [3.63, 3.8) is 0 Å². The van der Waals surface area contributed by atoms with Crippen molar-refractivity contribution in [2.75, 3.05) is 13.1 Å². The summed E-state index contributed by atoms with van der Waals surface area (Å²) in [7, 11) is 0. The van der Waals surface area contributed by atoms with E-state index < -0.39 is 0 Å². The maximum absolute atomic E-state index is 12.0. The van der Waals surface area contributed by atoms with E-state index in [0.717, 1.165) is 32.4 Å². The highest BCUT2D eigenvalue weighted by Crippen LogP contribution is 1.86. The SMILES string of the molecule is CCCNCCCn1c(=O)ccn(CCC)c1=O. The molecule has 102 valence electrons. The molecular formula is C13H23N3O2. The van der Waals surface area contributed by atoms with Gasteiger partial charge in [0, 0.05) is 25.4 Å². The maximum Gasteiger partial charge on any atom is 0.330 e. The summed E-state index contributed by atoms with van der Waals surface area (Å²) in [5.41, 5.74) is -0.400. The number of nitrogens with one attached hydrogen (secondary N) is 1. The van der Waals surface area contributed by atoms with E-state index in [1.54, 1.807) is 10.8 Å². The van der Waals surface area contributed by atoms with Gasteiger partial charge in [0.1, 0.15) is 0 Å². The Morgan fingerprint density at radius 1 is 1.11 bits per heavy atom. The number of nitrogens with zero attached hydrogens (tertiary/aromatic N) is 2. The predicted molar refractivity (Wildman–Crippen MR) is 73.0 cm³/mol. The summed E-state index contributed by atoms with van der Waals surface area (Å²) >= 11 is 0. The molecule has 0 aliphatic carbocycles. The predicted octanol–water partition coefficient (Wildman–Crippen LogP) is 0.810. The number of rotatable bonds is 8. The van der Waals surface area contributed by atoms with E-state index in [1.165, 1.54) is 10.6 Å². The third-order valence-electron chi connectivity index (χ3n) is 2.77. The van der Waals surface area contributed by atoms with Crippen LogP contribution in [0.15, 0.2) is 21.9 Å². The fourth-order valence-electron chi connectivity index (χ4n) is 1.84. The third kappa shape index (κ3) is 4.14. The largest absolute Gasteiger partial charge is 0.330 e. The Kier molecular flexibility index (Phi) is 6.43. The van der Waals surface area contributed by atoms with Crippen molar-refractivity contribution in [3.8, 4) is 0 Å². The molecule has 0 spiro atoms. The average Bonchev–Trinajstić information content (AvgIpc) is 2.36. The molecule has 1 aromatic rings. The van der Waals surface area contributed by atoms with Crippen molar-refractivity contribution in [1.82, 2.24) is 14.5 Å². The minimum absolute atomic E-state index is 0.195. The quantitative estimate of drug-likeness (QED) is 0.698. The van der Waals surface area contributed by atoms with Crippen molar-refractivity contribution in [2.45, 2.75) is 46.2 Å². The van der Waals surface area contributed by atoms with Crippen LogP contribution in [0.2, 0.25) is 0 Å². The molecule has 5 nitrogen and oxygen atoms in total. The van der Waals surface area contributed by atoms with Crippen molar-refractivity contribution in [2.24, 2.45) is 0 Å². The second kappa shape index (κ2) is 7.87. The Morgan fingerprint density at radius 2 is 1.89 bits per heavy atom. The summed E-state index contributed by atoms with van der Waals surface area (Å²) in [5.74, 6) is 0. The lowest BCUT2D eigenvalue weighted by Crippen LogP contribution is -2.39. The van der Waals surface area contributed by atoms with Gasteiger partial charge in [-0.05, 0) is 32.4 Å². The zero-order chi connectivity index (χ0) is 13.4. The molecule has 5 heteroatoms. The first-order chi connectivity index (χ1) is 8.70. The van der Waals surface area contributed by atoms with Crippen molar-refractivity contribution < 1.29 is 0 Å². The van der Waals surface area contributed by atoms with Gasteiger partial charge in [-0.3, -0.25) is 9.36 Å². The van der Waals surface area contributed by atoms with Crippen LogP contribution in [0.1, 0.15) is 33.1 Å². The lowest BCUT2D eigenvalue weighted by Gasteiger charge is -2.09. The first kappa shape index (κ1) is 14.7. The van der Waals surface area contributed by atoms with Gasteiger partial charge in [0.15, 0.2) is 0 Å². The van der Waals surface area contributed by atoms with Gasteiger partial charge in [0.2, 0.25) is 0 Å². The molecule has 18 heavy (non-hydrogen) atoms. The van der Waals surface area contributed by atoms with Crippen molar-refractivity contribution in [1.29, 1.82) is 0 Å². The Morgan fingerprint density at radius 3 is 2.56 bits per heavy atom. The molecule has 0 atom stereocenters. The van der Waals surface area contributed by atoms with Crippen LogP contribution in [0.4, 0.5) is 0 Å². The lowest BCUT2D eigenvalue weighted by atomic mass is 10.4. The molecule has 1 heterocycles. The van der Waals surface area contributed by atoms with E-state index in [1.807, 2.05) is 6.92 Å². The normalized spacial score (nSPS) is 10.8. The molecule has 0 saturated heterocycles. The molecule has 1 aromatic heterocycles. The highest BCUT2D eigenvalue weighted by molar-refractivity contribution is 4.86. The van der Waals surface area contributed by atoms with Crippen LogP contribution in [0.3, 0.4) is 0 Å². The Labute approximate surface area is 107 Å². The standard InChI is InChI=1S/C13H23N3O2/c1-3-7-14-8-5-10-16-12(17)6-11-15(9-4-2)13(16)18/h6,11,14H,3-5,7-10H2,1-2H3. The monoisotopic (exact) mass is 253 g/mol. The summed E-state index contributed by atoms with van der Waals surface area (Å²) < 4.78 is 2.92. The van der Waals surface area contributed by atoms with Gasteiger partial charge in [-0.1, -0.05) is 13.8 Å². The van der Waals surface area contributed by atoms with Gasteiger partial charge in [0.25, 0.3) is 5.56 Å². The highest BCUT2D eigenvalue weighted by Gasteiger charge is 2.03. The lowest BCUT2D eigenvalue weighted by molar-refractivity contribution is 0.513. The first-order valence-electron chi connectivity index (χ1n) is 6.71. The Hall–Kier alpha value is -1.36. The summed E-state index contributed by atoms with van der Waals surface area (Å²) in [4.78, 5) is 23.7. The van der Waals surface area contributed by atoms with Gasteiger partial charge >= 0.3 is 5.69 Å². The van der Waals surface area contributed by atoms with E-state index in [-0.39, 0.29) is 11.2 Å². The van der Waals surface area contributed by atoms with E-state index >= 15 is 0 Å². The van der Waals surface area contributed by atoms with Crippen molar-refractivity contribution >= 4 is 0 Å². The molecule has 0 amide bonds. The fourth-order valence-corrected chi connectivity index (χ4v) is 1.84. The van der Waals surface area contributed by atoms with E-state index in [0.29, 0.717) is 13.1 Å². The minimum Gasteiger partial charge on any atom is -0.317 e. The van der Waals surface area contributed by atoms with Crippen LogP contribution in [0.5, 0.6) is 0 Å². The highest BCUT2D eigenvalue weighted by atomic mass is 16.2. The van der Waals surface area contributed by atoms with Gasteiger partial charge in [0.05, 0.1) is 0 Å². The summed E-state index contributed by atoms with van der Waals surface area (Å²) in [6, 6.07) is 1.47. The van der Waals surface area contributed by atoms with Crippen LogP contribution in [-0.4, -0.2) is 22.2 Å². The summed E-state index contributed by atoms with van der Waals surface area (Å²) in [5, 5.41) is 3.26. The fraction of sp³-hybridized carbons (Fsp3) is 0.692. The van der Waals surface area contributed by atoms with Gasteiger partial charge in [-0.25, -0.2) is 4.79 Å². The molecule has 0 unspecified atom stereocenters. The van der Waals surface area contributed by atoms with Gasteiger partial charge in [-0.15, -0.1) is 0 Å². The zero-order valence-corrected chi connectivity index (χ0v) is 11.3. The molecule has 0 aromatic carbocycles. The van der Waals surface area contributed by atoms with E-state index in [2.05, 4.69) is 12.2 Å². The smallest absolute Gasteiger partial charge is 0.317 e. The average molecular weight is 253 g/mol. The van der Waals surface area contributed by atoms with Crippen molar-refractivity contribution in [3.05, 3.63) is 33.1 Å². The molecule has 0 aliphatic rings. The van der Waals surface area contributed by atoms with Crippen LogP contribution in [0, 0.1) is 0 Å².